The minimum absolute atomic E-state index is 0.00605. The van der Waals surface area contributed by atoms with Crippen LogP contribution in [0.1, 0.15) is 57.5 Å². The van der Waals surface area contributed by atoms with E-state index in [0.29, 0.717) is 30.9 Å². The first-order chi connectivity index (χ1) is 19.4. The topological polar surface area (TPSA) is 89.0 Å². The van der Waals surface area contributed by atoms with Crippen LogP contribution in [0.5, 0.6) is 5.75 Å². The number of imidazole rings is 1. The van der Waals surface area contributed by atoms with Crippen molar-refractivity contribution in [2.24, 2.45) is 5.73 Å². The minimum atomic E-state index is -0.0635. The summed E-state index contributed by atoms with van der Waals surface area (Å²) in [6, 6.07) is 17.7. The van der Waals surface area contributed by atoms with E-state index in [9.17, 15) is 4.79 Å². The molecule has 0 radical (unpaired) electrons. The largest absolute Gasteiger partial charge is 0.490 e. The summed E-state index contributed by atoms with van der Waals surface area (Å²) in [4.78, 5) is 22.0. The average molecular weight is 545 g/mol. The van der Waals surface area contributed by atoms with Crippen LogP contribution in [0.2, 0.25) is 0 Å². The van der Waals surface area contributed by atoms with E-state index in [1.165, 1.54) is 0 Å². The predicted octanol–water partition coefficient (Wildman–Crippen LogP) is 5.75. The lowest BCUT2D eigenvalue weighted by Gasteiger charge is -2.32. The molecule has 0 saturated carbocycles. The summed E-state index contributed by atoms with van der Waals surface area (Å²) in [7, 11) is 2.08. The smallest absolute Gasteiger partial charge is 0.257 e. The monoisotopic (exact) mass is 544 g/mol. The molecule has 8 nitrogen and oxygen atoms in total. The molecule has 1 fully saturated rings. The number of rotatable bonds is 6. The molecule has 0 atom stereocenters. The Morgan fingerprint density at radius 3 is 2.20 bits per heavy atom. The number of nitrogens with two attached hydrogens (primary N) is 1. The van der Waals surface area contributed by atoms with E-state index in [1.807, 2.05) is 112 Å². The summed E-state index contributed by atoms with van der Waals surface area (Å²) in [6.45, 7) is 15.6. The van der Waals surface area contributed by atoms with Crippen LogP contribution in [-0.4, -0.2) is 69.6 Å². The Hall–Kier alpha value is -3.75. The summed E-state index contributed by atoms with van der Waals surface area (Å²) in [6.07, 6.45) is 1.76. The molecular weight excluding hydrogens is 500 g/mol. The molecule has 8 heteroatoms. The number of nitrogens with zero attached hydrogens (tertiary/aromatic N) is 5. The predicted molar refractivity (Wildman–Crippen MR) is 164 cm³/mol. The van der Waals surface area contributed by atoms with Gasteiger partial charge in [0.1, 0.15) is 5.75 Å². The van der Waals surface area contributed by atoms with Crippen LogP contribution in [0, 0.1) is 0 Å². The molecule has 0 unspecified atom stereocenters. The number of amides is 1. The van der Waals surface area contributed by atoms with Crippen molar-refractivity contribution in [3.8, 4) is 28.3 Å². The van der Waals surface area contributed by atoms with E-state index < -0.39 is 0 Å². The summed E-state index contributed by atoms with van der Waals surface area (Å²) in [5.74, 6) is 0.586. The van der Waals surface area contributed by atoms with Crippen LogP contribution < -0.4 is 10.5 Å². The highest BCUT2D eigenvalue weighted by Gasteiger charge is 2.24. The number of ether oxygens (including phenoxy) is 1. The molecule has 5 rings (SSSR count). The van der Waals surface area contributed by atoms with Gasteiger partial charge in [-0.2, -0.15) is 5.10 Å². The van der Waals surface area contributed by atoms with E-state index in [0.717, 1.165) is 46.8 Å². The van der Waals surface area contributed by atoms with Gasteiger partial charge in [-0.15, -0.1) is 0 Å². The lowest BCUT2D eigenvalue weighted by Crippen LogP contribution is -2.47. The van der Waals surface area contributed by atoms with Gasteiger partial charge in [-0.3, -0.25) is 4.79 Å². The number of aromatic nitrogens is 3. The maximum Gasteiger partial charge on any atom is 0.257 e. The van der Waals surface area contributed by atoms with Crippen molar-refractivity contribution in [3.63, 3.8) is 0 Å². The van der Waals surface area contributed by atoms with Gasteiger partial charge in [-0.25, -0.2) is 9.50 Å². The van der Waals surface area contributed by atoms with E-state index in [4.69, 9.17) is 15.6 Å². The molecular formula is C32H44N6O2. The van der Waals surface area contributed by atoms with Gasteiger partial charge in [-0.1, -0.05) is 58.0 Å². The second kappa shape index (κ2) is 14.6. The molecule has 1 aliphatic heterocycles. The summed E-state index contributed by atoms with van der Waals surface area (Å²) < 4.78 is 7.96. The number of carbonyl (C=O) groups is 1. The highest BCUT2D eigenvalue weighted by Crippen LogP contribution is 2.30. The van der Waals surface area contributed by atoms with Crippen molar-refractivity contribution < 1.29 is 9.53 Å². The number of fused-ring (bicyclic) bond motifs is 1. The maximum absolute atomic E-state index is 13.3. The molecule has 3 heterocycles. The van der Waals surface area contributed by atoms with Gasteiger partial charge >= 0.3 is 0 Å². The normalized spacial score (nSPS) is 13.4. The van der Waals surface area contributed by atoms with Gasteiger partial charge in [-0.05, 0) is 50.7 Å². The molecule has 2 aromatic heterocycles. The first kappa shape index (κ1) is 30.8. The van der Waals surface area contributed by atoms with Crippen LogP contribution in [0.15, 0.2) is 60.8 Å². The molecule has 1 saturated heterocycles. The van der Waals surface area contributed by atoms with Crippen LogP contribution in [0.4, 0.5) is 0 Å². The summed E-state index contributed by atoms with van der Waals surface area (Å²) >= 11 is 0. The van der Waals surface area contributed by atoms with Crippen molar-refractivity contribution in [2.45, 2.75) is 54.2 Å². The fourth-order valence-electron chi connectivity index (χ4n) is 4.43. The highest BCUT2D eigenvalue weighted by molar-refractivity contribution is 5.97. The number of piperazine rings is 1. The zero-order valence-electron chi connectivity index (χ0n) is 25.0. The van der Waals surface area contributed by atoms with E-state index in [1.54, 1.807) is 0 Å². The molecule has 0 spiro atoms. The Labute approximate surface area is 238 Å². The maximum atomic E-state index is 13.3. The number of likely N-dealkylation sites (N-methyl/N-ethyl adjacent to an activating group) is 1. The highest BCUT2D eigenvalue weighted by atomic mass is 16.5. The second-order valence-corrected chi connectivity index (χ2v) is 9.51. The quantitative estimate of drug-likeness (QED) is 0.333. The Kier molecular flexibility index (Phi) is 11.2. The van der Waals surface area contributed by atoms with Gasteiger partial charge in [0.15, 0.2) is 5.65 Å². The van der Waals surface area contributed by atoms with E-state index in [-0.39, 0.29) is 12.0 Å². The van der Waals surface area contributed by atoms with Crippen LogP contribution >= 0.6 is 0 Å². The molecule has 2 N–H and O–H groups in total. The number of carbonyl (C=O) groups excluding carboxylic acids is 1. The Morgan fingerprint density at radius 2 is 1.57 bits per heavy atom. The molecule has 214 valence electrons. The average Bonchev–Trinajstić information content (AvgIpc) is 3.42. The molecule has 1 aliphatic rings. The molecule has 0 bridgehead atoms. The standard InChI is InChI=1S/C28H32N6O2.2C2H6/c1-19(2)36-26-16-22(8-9-23(26)28(35)33-14-12-32(3)13-15-33)24-10-11-27-30-18-25(34(27)31-24)21-6-4-20(17-29)5-7-21;2*1-2/h4-11,16,18-19H,12-15,17,29H2,1-3H3;2*1-2H3. The van der Waals surface area contributed by atoms with E-state index >= 15 is 0 Å². The Morgan fingerprint density at radius 1 is 0.925 bits per heavy atom. The zero-order valence-corrected chi connectivity index (χ0v) is 25.0. The SMILES string of the molecule is CC.CC.CC(C)Oc1cc(-c2ccc3ncc(-c4ccc(CN)cc4)n3n2)ccc1C(=O)N1CCN(C)CC1. The third kappa shape index (κ3) is 7.06. The Balaban J connectivity index is 0.00000106. The van der Waals surface area contributed by atoms with Crippen molar-refractivity contribution in [1.29, 1.82) is 0 Å². The molecule has 40 heavy (non-hydrogen) atoms. The van der Waals surface area contributed by atoms with Crippen molar-refractivity contribution in [2.75, 3.05) is 33.2 Å². The number of hydrogen-bond acceptors (Lipinski definition) is 6. The first-order valence-electron chi connectivity index (χ1n) is 14.4. The third-order valence-electron chi connectivity index (χ3n) is 6.51. The van der Waals surface area contributed by atoms with Crippen molar-refractivity contribution in [1.82, 2.24) is 24.4 Å². The van der Waals surface area contributed by atoms with Crippen molar-refractivity contribution in [3.05, 3.63) is 71.9 Å². The Bertz CT molecular complexity index is 1370. The first-order valence-corrected chi connectivity index (χ1v) is 14.4. The van der Waals surface area contributed by atoms with Crippen molar-refractivity contribution >= 4 is 11.6 Å². The minimum Gasteiger partial charge on any atom is -0.490 e. The van der Waals surface area contributed by atoms with Crippen LogP contribution in [0.25, 0.3) is 28.2 Å². The summed E-state index contributed by atoms with van der Waals surface area (Å²) in [5.41, 5.74) is 11.7. The van der Waals surface area contributed by atoms with Gasteiger partial charge < -0.3 is 20.3 Å². The second-order valence-electron chi connectivity index (χ2n) is 9.51. The fraction of sp³-hybridized carbons (Fsp3) is 0.406. The van der Waals surface area contributed by atoms with Gasteiger partial charge in [0.25, 0.3) is 5.91 Å². The molecule has 2 aromatic carbocycles. The molecule has 0 aliphatic carbocycles. The third-order valence-corrected chi connectivity index (χ3v) is 6.51. The van der Waals surface area contributed by atoms with Gasteiger partial charge in [0.05, 0.1) is 29.3 Å². The van der Waals surface area contributed by atoms with Gasteiger partial charge in [0.2, 0.25) is 0 Å². The summed E-state index contributed by atoms with van der Waals surface area (Å²) in [5, 5.41) is 4.89. The van der Waals surface area contributed by atoms with Gasteiger partial charge in [0, 0.05) is 43.9 Å². The zero-order chi connectivity index (χ0) is 29.2. The lowest BCUT2D eigenvalue weighted by molar-refractivity contribution is 0.0658. The van der Waals surface area contributed by atoms with Crippen LogP contribution in [0.3, 0.4) is 0 Å². The molecule has 1 amide bonds. The lowest BCUT2D eigenvalue weighted by atomic mass is 10.1. The molecule has 4 aromatic rings. The number of benzene rings is 2. The number of hydrogen-bond donors (Lipinski definition) is 1. The van der Waals surface area contributed by atoms with Crippen LogP contribution in [-0.2, 0) is 6.54 Å². The fourth-order valence-corrected chi connectivity index (χ4v) is 4.43. The van der Waals surface area contributed by atoms with E-state index in [2.05, 4.69) is 16.9 Å².